The first-order valence-electron chi connectivity index (χ1n) is 10.8. The maximum absolute atomic E-state index is 13.1. The highest BCUT2D eigenvalue weighted by molar-refractivity contribution is 6.09. The zero-order valence-corrected chi connectivity index (χ0v) is 18.3. The minimum absolute atomic E-state index is 0.0730. The van der Waals surface area contributed by atoms with Gasteiger partial charge in [-0.15, -0.1) is 0 Å². The minimum atomic E-state index is -1.03. The molecule has 5 atom stereocenters. The molecule has 1 aromatic carbocycles. The number of hydrogen-bond acceptors (Lipinski definition) is 5. The van der Waals surface area contributed by atoms with Gasteiger partial charge in [0.2, 0.25) is 11.8 Å². The second-order valence-corrected chi connectivity index (χ2v) is 9.27. The van der Waals surface area contributed by atoms with Gasteiger partial charge in [0, 0.05) is 5.69 Å². The number of hydrogen-bond donors (Lipinski definition) is 1. The van der Waals surface area contributed by atoms with Crippen molar-refractivity contribution in [3.8, 4) is 0 Å². The SMILES string of the molecule is Cc1cc(C)cc(NC(=O)COC(=O)[C@@H](C(C)C)N2C(=O)[C@@H]3[C@H](C2=O)[C@H]2C=C[C@H]3C2)c1. The van der Waals surface area contributed by atoms with Crippen LogP contribution in [0.5, 0.6) is 0 Å². The quantitative estimate of drug-likeness (QED) is 0.431. The van der Waals surface area contributed by atoms with Crippen molar-refractivity contribution >= 4 is 29.4 Å². The van der Waals surface area contributed by atoms with Crippen molar-refractivity contribution in [3.63, 3.8) is 0 Å². The van der Waals surface area contributed by atoms with Gasteiger partial charge in [-0.25, -0.2) is 4.79 Å². The van der Waals surface area contributed by atoms with Crippen molar-refractivity contribution in [1.82, 2.24) is 4.90 Å². The molecular formula is C24H28N2O5. The van der Waals surface area contributed by atoms with Gasteiger partial charge in [0.1, 0.15) is 6.04 Å². The van der Waals surface area contributed by atoms with E-state index in [1.54, 1.807) is 13.8 Å². The average Bonchev–Trinajstić information content (AvgIpc) is 3.35. The number of imide groups is 1. The van der Waals surface area contributed by atoms with Crippen LogP contribution in [0.3, 0.4) is 0 Å². The van der Waals surface area contributed by atoms with E-state index in [2.05, 4.69) is 5.32 Å². The predicted octanol–water partition coefficient (Wildman–Crippen LogP) is 2.62. The third-order valence-electron chi connectivity index (χ3n) is 6.51. The smallest absolute Gasteiger partial charge is 0.330 e. The average molecular weight is 424 g/mol. The van der Waals surface area contributed by atoms with Gasteiger partial charge in [-0.2, -0.15) is 0 Å². The zero-order valence-electron chi connectivity index (χ0n) is 18.3. The molecule has 7 nitrogen and oxygen atoms in total. The van der Waals surface area contributed by atoms with E-state index in [1.807, 2.05) is 44.2 Å². The first kappa shape index (κ1) is 21.3. The fraction of sp³-hybridized carbons (Fsp3) is 0.500. The normalized spacial score (nSPS) is 27.1. The fourth-order valence-electron chi connectivity index (χ4n) is 5.34. The highest BCUT2D eigenvalue weighted by Gasteiger charge is 2.61. The van der Waals surface area contributed by atoms with E-state index in [0.29, 0.717) is 5.69 Å². The number of aryl methyl sites for hydroxylation is 2. The lowest BCUT2D eigenvalue weighted by Gasteiger charge is -2.28. The van der Waals surface area contributed by atoms with Gasteiger partial charge >= 0.3 is 5.97 Å². The number of nitrogens with zero attached hydrogens (tertiary/aromatic N) is 1. The molecular weight excluding hydrogens is 396 g/mol. The molecule has 164 valence electrons. The zero-order chi connectivity index (χ0) is 22.4. The summed E-state index contributed by atoms with van der Waals surface area (Å²) in [7, 11) is 0. The van der Waals surface area contributed by atoms with Gasteiger partial charge in [0.15, 0.2) is 6.61 Å². The number of likely N-dealkylation sites (tertiary alicyclic amines) is 1. The Morgan fingerprint density at radius 2 is 1.58 bits per heavy atom. The van der Waals surface area contributed by atoms with E-state index in [-0.39, 0.29) is 41.4 Å². The topological polar surface area (TPSA) is 92.8 Å². The van der Waals surface area contributed by atoms with Crippen LogP contribution in [-0.2, 0) is 23.9 Å². The summed E-state index contributed by atoms with van der Waals surface area (Å²) in [6.07, 6.45) is 4.86. The fourth-order valence-corrected chi connectivity index (χ4v) is 5.34. The summed E-state index contributed by atoms with van der Waals surface area (Å²) in [6.45, 7) is 6.91. The second kappa shape index (κ2) is 7.94. The maximum atomic E-state index is 13.1. The molecule has 1 N–H and O–H groups in total. The van der Waals surface area contributed by atoms with Crippen molar-refractivity contribution in [2.24, 2.45) is 29.6 Å². The molecule has 3 amide bonds. The lowest BCUT2D eigenvalue weighted by atomic mass is 9.85. The van der Waals surface area contributed by atoms with Gasteiger partial charge in [-0.1, -0.05) is 32.1 Å². The van der Waals surface area contributed by atoms with Gasteiger partial charge in [-0.05, 0) is 61.3 Å². The summed E-state index contributed by atoms with van der Waals surface area (Å²) in [6, 6.07) is 4.61. The molecule has 4 rings (SSSR count). The summed E-state index contributed by atoms with van der Waals surface area (Å²) in [5.41, 5.74) is 2.64. The Bertz CT molecular complexity index is 932. The Hall–Kier alpha value is -2.96. The van der Waals surface area contributed by atoms with Gasteiger partial charge in [0.05, 0.1) is 11.8 Å². The van der Waals surface area contributed by atoms with Crippen LogP contribution in [-0.4, -0.2) is 41.2 Å². The molecule has 0 unspecified atom stereocenters. The number of rotatable bonds is 6. The Labute approximate surface area is 181 Å². The number of anilines is 1. The molecule has 1 saturated heterocycles. The van der Waals surface area contributed by atoms with E-state index in [9.17, 15) is 19.2 Å². The van der Waals surface area contributed by atoms with E-state index in [4.69, 9.17) is 4.74 Å². The number of esters is 1. The molecule has 0 spiro atoms. The van der Waals surface area contributed by atoms with Crippen LogP contribution < -0.4 is 5.32 Å². The third kappa shape index (κ3) is 3.77. The van der Waals surface area contributed by atoms with Crippen LogP contribution in [0.4, 0.5) is 5.69 Å². The van der Waals surface area contributed by atoms with Crippen LogP contribution in [0.15, 0.2) is 30.4 Å². The van der Waals surface area contributed by atoms with Crippen LogP contribution in [0, 0.1) is 43.4 Å². The summed E-state index contributed by atoms with van der Waals surface area (Å²) < 4.78 is 5.25. The van der Waals surface area contributed by atoms with Crippen LogP contribution in [0.2, 0.25) is 0 Å². The Morgan fingerprint density at radius 3 is 2.10 bits per heavy atom. The Balaban J connectivity index is 1.42. The van der Waals surface area contributed by atoms with Crippen molar-refractivity contribution in [1.29, 1.82) is 0 Å². The summed E-state index contributed by atoms with van der Waals surface area (Å²) in [4.78, 5) is 52.4. The molecule has 1 aromatic rings. The first-order chi connectivity index (χ1) is 14.7. The van der Waals surface area contributed by atoms with Gasteiger partial charge < -0.3 is 10.1 Å². The lowest BCUT2D eigenvalue weighted by molar-refractivity contribution is -0.162. The Morgan fingerprint density at radius 1 is 1.03 bits per heavy atom. The van der Waals surface area contributed by atoms with E-state index < -0.39 is 24.5 Å². The molecule has 0 aromatic heterocycles. The minimum Gasteiger partial charge on any atom is -0.454 e. The molecule has 2 aliphatic carbocycles. The maximum Gasteiger partial charge on any atom is 0.330 e. The summed E-state index contributed by atoms with van der Waals surface area (Å²) in [5, 5.41) is 2.71. The first-order valence-corrected chi connectivity index (χ1v) is 10.8. The molecule has 0 radical (unpaired) electrons. The Kier molecular flexibility index (Phi) is 5.45. The number of benzene rings is 1. The molecule has 2 bridgehead atoms. The van der Waals surface area contributed by atoms with E-state index in [1.165, 1.54) is 0 Å². The predicted molar refractivity (Wildman–Crippen MR) is 114 cm³/mol. The largest absolute Gasteiger partial charge is 0.454 e. The molecule has 1 aliphatic heterocycles. The highest BCUT2D eigenvalue weighted by atomic mass is 16.5. The summed E-state index contributed by atoms with van der Waals surface area (Å²) >= 11 is 0. The number of ether oxygens (including phenoxy) is 1. The van der Waals surface area contributed by atoms with Crippen LogP contribution in [0.25, 0.3) is 0 Å². The van der Waals surface area contributed by atoms with E-state index >= 15 is 0 Å². The molecule has 2 fully saturated rings. The number of amides is 3. The van der Waals surface area contributed by atoms with Crippen molar-refractivity contribution in [2.45, 2.75) is 40.2 Å². The van der Waals surface area contributed by atoms with E-state index in [0.717, 1.165) is 22.4 Å². The molecule has 1 saturated carbocycles. The van der Waals surface area contributed by atoms with Gasteiger partial charge in [-0.3, -0.25) is 19.3 Å². The van der Waals surface area contributed by atoms with Crippen molar-refractivity contribution < 1.29 is 23.9 Å². The second-order valence-electron chi connectivity index (χ2n) is 9.27. The van der Waals surface area contributed by atoms with Gasteiger partial charge in [0.25, 0.3) is 5.91 Å². The summed E-state index contributed by atoms with van der Waals surface area (Å²) in [5.74, 6) is -2.70. The third-order valence-corrected chi connectivity index (χ3v) is 6.51. The number of fused-ring (bicyclic) bond motifs is 5. The molecule has 3 aliphatic rings. The molecule has 31 heavy (non-hydrogen) atoms. The molecule has 1 heterocycles. The van der Waals surface area contributed by atoms with Crippen molar-refractivity contribution in [3.05, 3.63) is 41.5 Å². The highest BCUT2D eigenvalue weighted by Crippen LogP contribution is 2.53. The lowest BCUT2D eigenvalue weighted by Crippen LogP contribution is -2.50. The number of allylic oxidation sites excluding steroid dienone is 2. The number of carbonyl (C=O) groups excluding carboxylic acids is 4. The monoisotopic (exact) mass is 424 g/mol. The number of carbonyl (C=O) groups is 4. The molecule has 7 heteroatoms. The van der Waals surface area contributed by atoms with Crippen LogP contribution >= 0.6 is 0 Å². The standard InChI is InChI=1S/C24H28N2O5/c1-12(2)21(26-22(28)19-15-5-6-16(10-15)20(19)23(26)29)24(30)31-11-18(27)25-17-8-13(3)7-14(4)9-17/h5-9,12,15-16,19-21H,10-11H2,1-4H3,(H,25,27)/t15-,16-,19-,20+,21+/m0/s1. The van der Waals surface area contributed by atoms with Crippen molar-refractivity contribution in [2.75, 3.05) is 11.9 Å². The van der Waals surface area contributed by atoms with Crippen LogP contribution in [0.1, 0.15) is 31.4 Å². The number of nitrogens with one attached hydrogen (secondary N) is 1.